The number of halogens is 1. The molecule has 2 atom stereocenters. The Morgan fingerprint density at radius 2 is 2.27 bits per heavy atom. The maximum atomic E-state index is 12.0. The molecule has 184 valence electrons. The minimum atomic E-state index is -0.423. The fourth-order valence-corrected chi connectivity index (χ4v) is 3.19. The minimum Gasteiger partial charge on any atom is -0.383 e. The Morgan fingerprint density at radius 3 is 2.85 bits per heavy atom. The summed E-state index contributed by atoms with van der Waals surface area (Å²) in [6.07, 6.45) is 6.31. The van der Waals surface area contributed by atoms with Crippen LogP contribution in [0.3, 0.4) is 0 Å². The Balaban J connectivity index is 0.000000981. The van der Waals surface area contributed by atoms with Crippen LogP contribution in [0.25, 0.3) is 4.91 Å². The SMILES string of the molecule is C=CC(C)CNc1cnc(C(=O)NOC)cc1C(=C)SNCC1COCCO1.CC/C=C/F. The van der Waals surface area contributed by atoms with Crippen molar-refractivity contribution in [3.63, 3.8) is 0 Å². The van der Waals surface area contributed by atoms with E-state index in [1.807, 2.05) is 13.0 Å². The van der Waals surface area contributed by atoms with Gasteiger partial charge in [-0.05, 0) is 30.4 Å². The Kier molecular flexibility index (Phi) is 15.1. The molecule has 0 bridgehead atoms. The molecule has 0 radical (unpaired) electrons. The zero-order valence-corrected chi connectivity index (χ0v) is 20.4. The van der Waals surface area contributed by atoms with Crippen molar-refractivity contribution < 1.29 is 23.5 Å². The van der Waals surface area contributed by atoms with Gasteiger partial charge in [-0.1, -0.05) is 32.6 Å². The van der Waals surface area contributed by atoms with Crippen LogP contribution in [0.15, 0.2) is 43.9 Å². The Hall–Kier alpha value is -2.24. The number of anilines is 1. The standard InChI is InChI=1S/C19H28N4O4S.C4H7F/c1-5-13(2)9-20-18-11-21-17(19(24)23-25-4)8-16(18)14(3)28-22-10-15-12-26-6-7-27-15;1-2-3-4-5/h5,8,11,13,15,20,22H,1,3,6-7,9-10,12H2,2,4H3,(H,23,24);3-4H,2H2,1H3/b;4-3+. The van der Waals surface area contributed by atoms with Crippen molar-refractivity contribution in [3.05, 3.63) is 55.2 Å². The molecule has 1 saturated heterocycles. The second kappa shape index (κ2) is 17.3. The second-order valence-corrected chi connectivity index (χ2v) is 8.04. The molecule has 1 aromatic rings. The van der Waals surface area contributed by atoms with Gasteiger partial charge in [0, 0.05) is 23.6 Å². The van der Waals surface area contributed by atoms with E-state index in [-0.39, 0.29) is 17.7 Å². The number of carbonyl (C=O) groups is 1. The number of aromatic nitrogens is 1. The van der Waals surface area contributed by atoms with E-state index in [9.17, 15) is 9.18 Å². The summed E-state index contributed by atoms with van der Waals surface area (Å²) in [5, 5.41) is 3.34. The largest absolute Gasteiger partial charge is 0.383 e. The summed E-state index contributed by atoms with van der Waals surface area (Å²) < 4.78 is 25.1. The van der Waals surface area contributed by atoms with E-state index >= 15 is 0 Å². The molecule has 10 heteroatoms. The molecule has 0 aromatic carbocycles. The summed E-state index contributed by atoms with van der Waals surface area (Å²) in [6.45, 7) is 15.0. The third-order valence-electron chi connectivity index (χ3n) is 4.36. The molecule has 1 aliphatic heterocycles. The van der Waals surface area contributed by atoms with Crippen LogP contribution < -0.4 is 15.5 Å². The van der Waals surface area contributed by atoms with E-state index in [1.54, 1.807) is 12.3 Å². The monoisotopic (exact) mass is 482 g/mol. The molecule has 1 amide bonds. The molecule has 2 heterocycles. The van der Waals surface area contributed by atoms with E-state index in [1.165, 1.54) is 25.1 Å². The highest BCUT2D eigenvalue weighted by Gasteiger charge is 2.16. The Bertz CT molecular complexity index is 773. The van der Waals surface area contributed by atoms with Crippen LogP contribution in [0.4, 0.5) is 10.1 Å². The molecule has 1 fully saturated rings. The first-order valence-corrected chi connectivity index (χ1v) is 11.5. The van der Waals surface area contributed by atoms with E-state index < -0.39 is 5.91 Å². The Morgan fingerprint density at radius 1 is 1.48 bits per heavy atom. The van der Waals surface area contributed by atoms with Crippen molar-refractivity contribution in [2.24, 2.45) is 5.92 Å². The summed E-state index contributed by atoms with van der Waals surface area (Å²) in [5.74, 6) is -0.139. The number of ether oxygens (including phenoxy) is 2. The number of carbonyl (C=O) groups excluding carboxylic acids is 1. The van der Waals surface area contributed by atoms with Gasteiger partial charge in [0.1, 0.15) is 5.69 Å². The van der Waals surface area contributed by atoms with Gasteiger partial charge in [0.05, 0.1) is 51.2 Å². The van der Waals surface area contributed by atoms with E-state index in [0.717, 1.165) is 22.6 Å². The van der Waals surface area contributed by atoms with Gasteiger partial charge in [-0.3, -0.25) is 14.4 Å². The van der Waals surface area contributed by atoms with E-state index in [2.05, 4.69) is 45.4 Å². The van der Waals surface area contributed by atoms with Crippen molar-refractivity contribution in [1.82, 2.24) is 15.2 Å². The molecule has 0 spiro atoms. The lowest BCUT2D eigenvalue weighted by Gasteiger charge is -2.23. The van der Waals surface area contributed by atoms with Crippen LogP contribution >= 0.6 is 11.9 Å². The first kappa shape index (κ1) is 28.8. The van der Waals surface area contributed by atoms with Crippen molar-refractivity contribution in [3.8, 4) is 0 Å². The third kappa shape index (κ3) is 11.4. The maximum absolute atomic E-state index is 12.0. The fraction of sp³-hybridized carbons (Fsp3) is 0.478. The molecule has 2 unspecified atom stereocenters. The first-order chi connectivity index (χ1) is 16.0. The van der Waals surface area contributed by atoms with Crippen LogP contribution in [0.1, 0.15) is 36.3 Å². The zero-order chi connectivity index (χ0) is 24.5. The predicted octanol–water partition coefficient (Wildman–Crippen LogP) is 4.11. The van der Waals surface area contributed by atoms with Crippen molar-refractivity contribution in [1.29, 1.82) is 0 Å². The fourth-order valence-electron chi connectivity index (χ4n) is 2.47. The quantitative estimate of drug-likeness (QED) is 0.233. The number of hydrogen-bond donors (Lipinski definition) is 3. The average molecular weight is 483 g/mol. The smallest absolute Gasteiger partial charge is 0.293 e. The number of amides is 1. The van der Waals surface area contributed by atoms with Gasteiger partial charge in [-0.2, -0.15) is 0 Å². The summed E-state index contributed by atoms with van der Waals surface area (Å²) in [6, 6.07) is 1.69. The lowest BCUT2D eigenvalue weighted by atomic mass is 10.1. The maximum Gasteiger partial charge on any atom is 0.293 e. The van der Waals surface area contributed by atoms with Crippen LogP contribution in [0, 0.1) is 5.92 Å². The average Bonchev–Trinajstić information content (AvgIpc) is 2.84. The molecule has 2 rings (SSSR count). The van der Waals surface area contributed by atoms with Gasteiger partial charge in [-0.15, -0.1) is 6.58 Å². The summed E-state index contributed by atoms with van der Waals surface area (Å²) in [5.41, 5.74) is 4.09. The number of nitrogens with zero attached hydrogens (tertiary/aromatic N) is 1. The number of pyridine rings is 1. The molecule has 0 aliphatic carbocycles. The van der Waals surface area contributed by atoms with Crippen molar-refractivity contribution >= 4 is 28.4 Å². The molecule has 33 heavy (non-hydrogen) atoms. The van der Waals surface area contributed by atoms with Crippen molar-refractivity contribution in [2.75, 3.05) is 45.3 Å². The second-order valence-electron chi connectivity index (χ2n) is 7.06. The highest BCUT2D eigenvalue weighted by Crippen LogP contribution is 2.30. The molecule has 8 nitrogen and oxygen atoms in total. The summed E-state index contributed by atoms with van der Waals surface area (Å²) in [4.78, 5) is 21.7. The van der Waals surface area contributed by atoms with Crippen LogP contribution in [0.2, 0.25) is 0 Å². The number of hydrogen-bond acceptors (Lipinski definition) is 8. The zero-order valence-electron chi connectivity index (χ0n) is 19.6. The third-order valence-corrected chi connectivity index (χ3v) is 5.14. The lowest BCUT2D eigenvalue weighted by molar-refractivity contribution is -0.0845. The highest BCUT2D eigenvalue weighted by molar-refractivity contribution is 8.06. The van der Waals surface area contributed by atoms with Crippen molar-refractivity contribution in [2.45, 2.75) is 26.4 Å². The van der Waals surface area contributed by atoms with Gasteiger partial charge < -0.3 is 14.8 Å². The van der Waals surface area contributed by atoms with Crippen LogP contribution in [-0.4, -0.2) is 57.0 Å². The molecule has 1 aliphatic rings. The lowest BCUT2D eigenvalue weighted by Crippen LogP contribution is -2.35. The molecular formula is C23H35FN4O4S. The molecule has 3 N–H and O–H groups in total. The summed E-state index contributed by atoms with van der Waals surface area (Å²) in [7, 11) is 1.38. The van der Waals surface area contributed by atoms with Gasteiger partial charge in [0.25, 0.3) is 5.91 Å². The number of allylic oxidation sites excluding steroid dienone is 1. The normalized spacial score (nSPS) is 16.4. The van der Waals surface area contributed by atoms with E-state index in [0.29, 0.717) is 39.2 Å². The number of nitrogens with one attached hydrogen (secondary N) is 3. The van der Waals surface area contributed by atoms with Gasteiger partial charge >= 0.3 is 0 Å². The van der Waals surface area contributed by atoms with Gasteiger partial charge in [0.2, 0.25) is 0 Å². The molecule has 0 saturated carbocycles. The van der Waals surface area contributed by atoms with Crippen LogP contribution in [-0.2, 0) is 14.3 Å². The minimum absolute atomic E-state index is 0.0144. The van der Waals surface area contributed by atoms with E-state index in [4.69, 9.17) is 9.47 Å². The predicted molar refractivity (Wildman–Crippen MR) is 132 cm³/mol. The summed E-state index contributed by atoms with van der Waals surface area (Å²) >= 11 is 1.38. The highest BCUT2D eigenvalue weighted by atomic mass is 32.2. The van der Waals surface area contributed by atoms with Gasteiger partial charge in [-0.25, -0.2) is 14.9 Å². The topological polar surface area (TPSA) is 93.7 Å². The number of hydroxylamine groups is 1. The molecular weight excluding hydrogens is 447 g/mol. The first-order valence-electron chi connectivity index (χ1n) is 10.7. The van der Waals surface area contributed by atoms with Gasteiger partial charge in [0.15, 0.2) is 0 Å². The number of rotatable bonds is 12. The molecule has 1 aromatic heterocycles. The van der Waals surface area contributed by atoms with Crippen LogP contribution in [0.5, 0.6) is 0 Å². The Labute approximate surface area is 200 Å².